The molecule has 0 saturated carbocycles. The van der Waals surface area contributed by atoms with Gasteiger partial charge in [0.15, 0.2) is 0 Å². The first-order chi connectivity index (χ1) is 14.7. The first-order valence-electron chi connectivity index (χ1n) is 9.33. The number of nitrogens with zero attached hydrogens (tertiary/aromatic N) is 2. The van der Waals surface area contributed by atoms with Crippen LogP contribution in [-0.2, 0) is 9.59 Å². The third-order valence-electron chi connectivity index (χ3n) is 4.15. The Hall–Kier alpha value is -2.88. The molecule has 0 unspecified atom stereocenters. The van der Waals surface area contributed by atoms with Crippen molar-refractivity contribution in [2.24, 2.45) is 0 Å². The number of nitrogens with one attached hydrogen (secondary N) is 2. The van der Waals surface area contributed by atoms with Gasteiger partial charge in [-0.25, -0.2) is 0 Å². The topological polar surface area (TPSA) is 114 Å². The maximum absolute atomic E-state index is 12.5. The fourth-order valence-electron chi connectivity index (χ4n) is 2.80. The molecule has 166 valence electrons. The Bertz CT molecular complexity index is 971. The van der Waals surface area contributed by atoms with Gasteiger partial charge in [-0.05, 0) is 37.2 Å². The lowest BCUT2D eigenvalue weighted by molar-refractivity contribution is -0.384. The smallest absolute Gasteiger partial charge is 0.273 e. The fraction of sp³-hybridized carbons (Fsp3) is 0.300. The number of amides is 2. The van der Waals surface area contributed by atoms with Crippen LogP contribution in [0.15, 0.2) is 36.4 Å². The van der Waals surface area contributed by atoms with Crippen molar-refractivity contribution in [2.75, 3.05) is 37.4 Å². The molecule has 0 bridgehead atoms. The van der Waals surface area contributed by atoms with Gasteiger partial charge in [0.25, 0.3) is 5.69 Å². The number of halogens is 2. The fourth-order valence-corrected chi connectivity index (χ4v) is 3.26. The highest BCUT2D eigenvalue weighted by Gasteiger charge is 2.18. The average molecular weight is 469 g/mol. The lowest BCUT2D eigenvalue weighted by Crippen LogP contribution is -2.39. The molecular weight excluding hydrogens is 447 g/mol. The van der Waals surface area contributed by atoms with Gasteiger partial charge in [0.1, 0.15) is 5.75 Å². The number of methoxy groups -OCH3 is 1. The van der Waals surface area contributed by atoms with E-state index in [0.717, 1.165) is 6.42 Å². The average Bonchev–Trinajstić information content (AvgIpc) is 2.70. The van der Waals surface area contributed by atoms with E-state index < -0.39 is 10.8 Å². The lowest BCUT2D eigenvalue weighted by atomic mass is 10.2. The Morgan fingerprint density at radius 3 is 2.23 bits per heavy atom. The van der Waals surface area contributed by atoms with Crippen molar-refractivity contribution in [3.8, 4) is 5.75 Å². The molecule has 2 aromatic carbocycles. The minimum Gasteiger partial charge on any atom is -0.494 e. The molecular formula is C20H22Cl2N4O5. The molecule has 2 aromatic rings. The summed E-state index contributed by atoms with van der Waals surface area (Å²) in [4.78, 5) is 36.9. The van der Waals surface area contributed by atoms with Gasteiger partial charge in [-0.3, -0.25) is 24.6 Å². The third kappa shape index (κ3) is 7.39. The van der Waals surface area contributed by atoms with Crippen LogP contribution in [0.1, 0.15) is 13.3 Å². The van der Waals surface area contributed by atoms with E-state index in [0.29, 0.717) is 28.0 Å². The zero-order chi connectivity index (χ0) is 23.0. The molecule has 11 heteroatoms. The number of benzene rings is 2. The van der Waals surface area contributed by atoms with Crippen LogP contribution in [0.25, 0.3) is 0 Å². The van der Waals surface area contributed by atoms with Gasteiger partial charge in [0.05, 0.1) is 47.6 Å². The monoisotopic (exact) mass is 468 g/mol. The van der Waals surface area contributed by atoms with E-state index in [1.807, 2.05) is 6.92 Å². The summed E-state index contributed by atoms with van der Waals surface area (Å²) in [5.74, 6) is -0.559. The van der Waals surface area contributed by atoms with Crippen molar-refractivity contribution in [3.05, 3.63) is 56.6 Å². The molecule has 9 nitrogen and oxygen atoms in total. The number of carbonyl (C=O) groups is 2. The molecule has 2 rings (SSSR count). The standard InChI is InChI=1S/C20H22Cl2N4O5/c1-3-8-25(11-19(27)23-16-6-4-13(21)9-15(16)22)12-20(28)24-17-7-5-14(26(29)30)10-18(17)31-2/h4-7,9-10H,3,8,11-12H2,1-2H3,(H,23,27)(H,24,28). The molecule has 0 fully saturated rings. The third-order valence-corrected chi connectivity index (χ3v) is 4.70. The van der Waals surface area contributed by atoms with E-state index in [2.05, 4.69) is 10.6 Å². The first-order valence-corrected chi connectivity index (χ1v) is 10.1. The van der Waals surface area contributed by atoms with Crippen LogP contribution in [0.4, 0.5) is 17.1 Å². The van der Waals surface area contributed by atoms with E-state index in [9.17, 15) is 19.7 Å². The van der Waals surface area contributed by atoms with Crippen LogP contribution in [0.2, 0.25) is 10.0 Å². The maximum atomic E-state index is 12.5. The van der Waals surface area contributed by atoms with Gasteiger partial charge < -0.3 is 15.4 Å². The van der Waals surface area contributed by atoms with Gasteiger partial charge >= 0.3 is 0 Å². The maximum Gasteiger partial charge on any atom is 0.273 e. The van der Waals surface area contributed by atoms with Crippen molar-refractivity contribution >= 4 is 52.1 Å². The Morgan fingerprint density at radius 1 is 1.06 bits per heavy atom. The number of anilines is 2. The molecule has 0 aliphatic carbocycles. The normalized spacial score (nSPS) is 10.6. The second-order valence-electron chi connectivity index (χ2n) is 6.57. The van der Waals surface area contributed by atoms with Crippen molar-refractivity contribution < 1.29 is 19.2 Å². The van der Waals surface area contributed by atoms with Crippen molar-refractivity contribution in [2.45, 2.75) is 13.3 Å². The summed E-state index contributed by atoms with van der Waals surface area (Å²) in [5.41, 5.74) is 0.569. The summed E-state index contributed by atoms with van der Waals surface area (Å²) in [7, 11) is 1.35. The molecule has 0 atom stereocenters. The van der Waals surface area contributed by atoms with E-state index >= 15 is 0 Å². The molecule has 0 radical (unpaired) electrons. The summed E-state index contributed by atoms with van der Waals surface area (Å²) in [6, 6.07) is 8.62. The molecule has 0 aliphatic heterocycles. The second-order valence-corrected chi connectivity index (χ2v) is 7.42. The number of hydrogen-bond acceptors (Lipinski definition) is 6. The van der Waals surface area contributed by atoms with Crippen LogP contribution in [-0.4, -0.2) is 48.4 Å². The summed E-state index contributed by atoms with van der Waals surface area (Å²) < 4.78 is 5.12. The number of rotatable bonds is 10. The van der Waals surface area contributed by atoms with Crippen LogP contribution >= 0.6 is 23.2 Å². The Kier molecular flexibility index (Phi) is 9.04. The summed E-state index contributed by atoms with van der Waals surface area (Å²) >= 11 is 11.9. The zero-order valence-electron chi connectivity index (χ0n) is 17.0. The van der Waals surface area contributed by atoms with Gasteiger partial charge in [0.2, 0.25) is 11.8 Å². The number of nitro benzene ring substituents is 1. The number of ether oxygens (including phenoxy) is 1. The first kappa shape index (κ1) is 24.4. The highest BCUT2D eigenvalue weighted by molar-refractivity contribution is 6.36. The second kappa shape index (κ2) is 11.5. The Balaban J connectivity index is 2.01. The van der Waals surface area contributed by atoms with E-state index in [1.54, 1.807) is 17.0 Å². The van der Waals surface area contributed by atoms with Gasteiger partial charge in [-0.2, -0.15) is 0 Å². The summed E-state index contributed by atoms with van der Waals surface area (Å²) in [5, 5.41) is 17.0. The largest absolute Gasteiger partial charge is 0.494 e. The van der Waals surface area contributed by atoms with Crippen molar-refractivity contribution in [1.29, 1.82) is 0 Å². The van der Waals surface area contributed by atoms with Crippen LogP contribution in [0.3, 0.4) is 0 Å². The highest BCUT2D eigenvalue weighted by atomic mass is 35.5. The number of nitro groups is 1. The van der Waals surface area contributed by atoms with E-state index in [1.165, 1.54) is 31.4 Å². The quantitative estimate of drug-likeness (QED) is 0.398. The molecule has 0 saturated heterocycles. The van der Waals surface area contributed by atoms with E-state index in [4.69, 9.17) is 27.9 Å². The number of hydrogen-bond donors (Lipinski definition) is 2. The summed E-state index contributed by atoms with van der Waals surface area (Å²) in [6.45, 7) is 2.35. The SMILES string of the molecule is CCCN(CC(=O)Nc1ccc(Cl)cc1Cl)CC(=O)Nc1ccc([N+](=O)[O-])cc1OC. The van der Waals surface area contributed by atoms with Crippen LogP contribution in [0.5, 0.6) is 5.75 Å². The molecule has 2 amide bonds. The van der Waals surface area contributed by atoms with Crippen molar-refractivity contribution in [3.63, 3.8) is 0 Å². The molecule has 0 aromatic heterocycles. The van der Waals surface area contributed by atoms with Crippen LogP contribution in [0, 0.1) is 10.1 Å². The van der Waals surface area contributed by atoms with Crippen LogP contribution < -0.4 is 15.4 Å². The zero-order valence-corrected chi connectivity index (χ0v) is 18.5. The predicted molar refractivity (Wildman–Crippen MR) is 120 cm³/mol. The number of non-ortho nitro benzene ring substituents is 1. The highest BCUT2D eigenvalue weighted by Crippen LogP contribution is 2.29. The Labute approximate surface area is 189 Å². The molecule has 2 N–H and O–H groups in total. The molecule has 0 spiro atoms. The predicted octanol–water partition coefficient (Wildman–Crippen LogP) is 4.20. The van der Waals surface area contributed by atoms with Gasteiger partial charge in [-0.15, -0.1) is 0 Å². The summed E-state index contributed by atoms with van der Waals surface area (Å²) in [6.07, 6.45) is 0.725. The Morgan fingerprint density at radius 2 is 1.68 bits per heavy atom. The van der Waals surface area contributed by atoms with E-state index in [-0.39, 0.29) is 30.4 Å². The number of carbonyl (C=O) groups excluding carboxylic acids is 2. The lowest BCUT2D eigenvalue weighted by Gasteiger charge is -2.21. The van der Waals surface area contributed by atoms with Crippen molar-refractivity contribution in [1.82, 2.24) is 4.90 Å². The molecule has 0 heterocycles. The van der Waals surface area contributed by atoms with Gasteiger partial charge in [0, 0.05) is 11.1 Å². The minimum atomic E-state index is -0.553. The molecule has 0 aliphatic rings. The van der Waals surface area contributed by atoms with Gasteiger partial charge in [-0.1, -0.05) is 30.1 Å². The minimum absolute atomic E-state index is 0.0301. The molecule has 31 heavy (non-hydrogen) atoms.